The highest BCUT2D eigenvalue weighted by Crippen LogP contribution is 2.26. The molecule has 0 aromatic rings. The molecular formula is C63H111N11O13. The van der Waals surface area contributed by atoms with Gasteiger partial charge in [-0.05, 0) is 107 Å². The topological polar surface area (TPSA) is 296 Å². The monoisotopic (exact) mass is 1230 g/mol. The highest BCUT2D eigenvalue weighted by molar-refractivity contribution is 5.99. The number of carbonyl (C=O) groups is 12. The van der Waals surface area contributed by atoms with Gasteiger partial charge in [-0.1, -0.05) is 103 Å². The molecule has 0 aromatic carbocycles. The zero-order valence-electron chi connectivity index (χ0n) is 57.0. The van der Waals surface area contributed by atoms with Crippen molar-refractivity contribution in [2.45, 2.75) is 223 Å². The summed E-state index contributed by atoms with van der Waals surface area (Å²) < 4.78 is 0. The Kier molecular flexibility index (Phi) is 32.1. The second-order valence-corrected chi connectivity index (χ2v) is 26.5. The van der Waals surface area contributed by atoms with Gasteiger partial charge in [-0.2, -0.15) is 0 Å². The maximum absolute atomic E-state index is 15.2. The Morgan fingerprint density at radius 1 is 0.483 bits per heavy atom. The number of amides is 11. The molecule has 1 rings (SSSR count). The van der Waals surface area contributed by atoms with Gasteiger partial charge in [-0.15, -0.1) is 0 Å². The van der Waals surface area contributed by atoms with Crippen LogP contribution in [0.15, 0.2) is 12.2 Å². The number of aliphatic hydroxyl groups excluding tert-OH is 1. The van der Waals surface area contributed by atoms with Crippen molar-refractivity contribution in [3.63, 3.8) is 0 Å². The van der Waals surface area contributed by atoms with Crippen molar-refractivity contribution in [1.29, 1.82) is 0 Å². The van der Waals surface area contributed by atoms with Crippen LogP contribution in [0.25, 0.3) is 0 Å². The fourth-order valence-corrected chi connectivity index (χ4v) is 10.8. The second-order valence-electron chi connectivity index (χ2n) is 26.5. The molecule has 1 aliphatic rings. The molecule has 87 heavy (non-hydrogen) atoms. The van der Waals surface area contributed by atoms with Crippen molar-refractivity contribution in [2.24, 2.45) is 41.4 Å². The lowest BCUT2D eigenvalue weighted by molar-refractivity contribution is -0.157. The van der Waals surface area contributed by atoms with Crippen molar-refractivity contribution in [1.82, 2.24) is 55.6 Å². The molecule has 0 spiro atoms. The smallest absolute Gasteiger partial charge is 0.246 e. The summed E-state index contributed by atoms with van der Waals surface area (Å²) >= 11 is 0. The van der Waals surface area contributed by atoms with Crippen molar-refractivity contribution < 1.29 is 62.6 Å². The van der Waals surface area contributed by atoms with E-state index in [-0.39, 0.29) is 68.0 Å². The third kappa shape index (κ3) is 22.6. The summed E-state index contributed by atoms with van der Waals surface area (Å²) in [6, 6.07) is -12.6. The molecule has 0 saturated carbocycles. The van der Waals surface area contributed by atoms with Gasteiger partial charge in [-0.25, -0.2) is 0 Å². The van der Waals surface area contributed by atoms with E-state index in [1.807, 2.05) is 55.4 Å². The number of likely N-dealkylation sites (N-methyl/N-ethyl adjacent to an activating group) is 7. The molecule has 0 unspecified atom stereocenters. The highest BCUT2D eigenvalue weighted by Gasteiger charge is 2.45. The van der Waals surface area contributed by atoms with E-state index in [9.17, 15) is 53.1 Å². The van der Waals surface area contributed by atoms with E-state index in [1.54, 1.807) is 41.5 Å². The van der Waals surface area contributed by atoms with Crippen LogP contribution in [-0.2, 0) is 57.5 Å². The fourth-order valence-electron chi connectivity index (χ4n) is 10.8. The molecular weight excluding hydrogens is 1120 g/mol. The summed E-state index contributed by atoms with van der Waals surface area (Å²) in [5.41, 5.74) is 0. The molecule has 24 nitrogen and oxygen atoms in total. The summed E-state index contributed by atoms with van der Waals surface area (Å²) in [4.78, 5) is 180. The van der Waals surface area contributed by atoms with Gasteiger partial charge < -0.3 is 60.7 Å². The van der Waals surface area contributed by atoms with Gasteiger partial charge in [0.25, 0.3) is 0 Å². The predicted octanol–water partition coefficient (Wildman–Crippen LogP) is 2.84. The molecule has 1 saturated heterocycles. The zero-order valence-corrected chi connectivity index (χ0v) is 57.0. The van der Waals surface area contributed by atoms with E-state index in [2.05, 4.69) is 21.3 Å². The third-order valence-electron chi connectivity index (χ3n) is 16.2. The minimum absolute atomic E-state index is 0.0160. The first-order valence-electron chi connectivity index (χ1n) is 31.0. The van der Waals surface area contributed by atoms with Crippen LogP contribution < -0.4 is 21.3 Å². The van der Waals surface area contributed by atoms with E-state index >= 15 is 9.59 Å². The summed E-state index contributed by atoms with van der Waals surface area (Å²) in [6.07, 6.45) is 1.85. The predicted molar refractivity (Wildman–Crippen MR) is 333 cm³/mol. The number of ketones is 1. The molecule has 24 heteroatoms. The lowest BCUT2D eigenvalue weighted by Crippen LogP contribution is -2.63. The molecule has 1 heterocycles. The average molecular weight is 1230 g/mol. The Bertz CT molecular complexity index is 2430. The van der Waals surface area contributed by atoms with E-state index in [0.717, 1.165) is 9.80 Å². The number of rotatable bonds is 16. The summed E-state index contributed by atoms with van der Waals surface area (Å²) in [6.45, 7) is 28.5. The molecule has 11 amide bonds. The molecule has 0 radical (unpaired) electrons. The van der Waals surface area contributed by atoms with Crippen LogP contribution in [-0.4, -0.2) is 233 Å². The first kappa shape index (κ1) is 78.6. The van der Waals surface area contributed by atoms with E-state index in [0.29, 0.717) is 0 Å². The van der Waals surface area contributed by atoms with Crippen LogP contribution >= 0.6 is 0 Å². The Morgan fingerprint density at radius 3 is 1.34 bits per heavy atom. The Hall–Kier alpha value is -6.46. The van der Waals surface area contributed by atoms with E-state index in [1.165, 1.54) is 107 Å². The summed E-state index contributed by atoms with van der Waals surface area (Å²) in [5.74, 6) is -10.5. The molecule has 5 N–H and O–H groups in total. The van der Waals surface area contributed by atoms with Crippen LogP contribution in [0.1, 0.15) is 156 Å². The van der Waals surface area contributed by atoms with Crippen LogP contribution in [0.5, 0.6) is 0 Å². The Morgan fingerprint density at radius 2 is 0.897 bits per heavy atom. The number of hydrogen-bond donors (Lipinski definition) is 5. The number of aliphatic hydroxyl groups is 1. The lowest BCUT2D eigenvalue weighted by Gasteiger charge is -2.41. The van der Waals surface area contributed by atoms with Gasteiger partial charge in [0.15, 0.2) is 5.78 Å². The van der Waals surface area contributed by atoms with Crippen LogP contribution in [0.3, 0.4) is 0 Å². The van der Waals surface area contributed by atoms with Gasteiger partial charge in [0.2, 0.25) is 65.0 Å². The van der Waals surface area contributed by atoms with Gasteiger partial charge in [0, 0.05) is 49.3 Å². The lowest BCUT2D eigenvalue weighted by atomic mass is 9.91. The molecule has 0 bridgehead atoms. The molecule has 1 fully saturated rings. The largest absolute Gasteiger partial charge is 0.390 e. The van der Waals surface area contributed by atoms with Gasteiger partial charge in [0.05, 0.1) is 12.6 Å². The van der Waals surface area contributed by atoms with Crippen LogP contribution in [0.2, 0.25) is 0 Å². The minimum atomic E-state index is -1.70. The number of nitrogens with zero attached hydrogens (tertiary/aromatic N) is 7. The normalized spacial score (nSPS) is 26.5. The summed E-state index contributed by atoms with van der Waals surface area (Å²) in [5, 5.41) is 23.1. The maximum atomic E-state index is 15.2. The zero-order chi connectivity index (χ0) is 67.6. The van der Waals surface area contributed by atoms with Crippen molar-refractivity contribution >= 4 is 70.8 Å². The molecule has 0 aliphatic carbocycles. The van der Waals surface area contributed by atoms with E-state index < -0.39 is 156 Å². The summed E-state index contributed by atoms with van der Waals surface area (Å²) in [7, 11) is 9.76. The molecule has 1 aliphatic heterocycles. The van der Waals surface area contributed by atoms with E-state index in [4.69, 9.17) is 0 Å². The van der Waals surface area contributed by atoms with Crippen LogP contribution in [0.4, 0.5) is 0 Å². The maximum Gasteiger partial charge on any atom is 0.246 e. The Labute approximate surface area is 519 Å². The number of carbonyl (C=O) groups excluding carboxylic acids is 12. The van der Waals surface area contributed by atoms with Crippen molar-refractivity contribution in [3.8, 4) is 0 Å². The quantitative estimate of drug-likeness (QED) is 0.139. The molecule has 0 aromatic heterocycles. The number of nitrogens with one attached hydrogen (secondary N) is 4. The third-order valence-corrected chi connectivity index (χ3v) is 16.2. The van der Waals surface area contributed by atoms with Crippen molar-refractivity contribution in [3.05, 3.63) is 12.2 Å². The highest BCUT2D eigenvalue weighted by atomic mass is 16.3. The first-order valence-corrected chi connectivity index (χ1v) is 31.0. The standard InChI is InChI=1S/C63H111N11O13/c1-25-44-59(83)68(18)33-49(76)69(19)45(29-34(2)3)56(80)67-50(38(10)11)62(86)70(20)46(30-35(4)5)55(79)64-42(16)54(78)65-43(17)58(82)71(21)47(31-36(6)7)60(84)72(22)48(32-37(8)9)61(85)73(23)51(39(12)13)63(87)74(24)52(57(81)66-44)53(77)40(14)27-26-28-41(15)75/h26,28,34-40,42-48,50-53,77H,25,27,29-33H2,1-24H3,(H,64,79)(H,65,78)(H,66,81)(H,67,80)/b28-26+/t40-,42+,43-,44+,45+,46+,47+,48+,50+,51+,52+,53-/m1/s1. The molecule has 496 valence electrons. The second kappa shape index (κ2) is 35.5. The Balaban J connectivity index is 4.35. The van der Waals surface area contributed by atoms with Crippen LogP contribution in [0, 0.1) is 41.4 Å². The average Bonchev–Trinajstić information content (AvgIpc) is 1.19. The fraction of sp³-hybridized carbons (Fsp3) is 0.778. The van der Waals surface area contributed by atoms with Gasteiger partial charge in [-0.3, -0.25) is 57.5 Å². The number of hydrogen-bond acceptors (Lipinski definition) is 13. The van der Waals surface area contributed by atoms with Crippen molar-refractivity contribution in [2.75, 3.05) is 55.9 Å². The SMILES string of the molecule is CC[C@@H]1NC(=O)[C@H]([C@H](O)[C@H](C)C/C=C/C(C)=O)N(C)C(=O)[C@H](C(C)C)N(C)C(=O)[C@H](CC(C)C)N(C)C(=O)[C@H](CC(C)C)N(C)C(=O)[C@@H](C)NC(=O)[C@H](C)NC(=O)[C@H](CC(C)C)N(C)C(=O)[C@H](C(C)C)NC(=O)[C@H](CC(C)C)N(C)C(=O)CN(C)C1=O. The molecule has 12 atom stereocenters. The number of allylic oxidation sites excluding steroid dienone is 2. The van der Waals surface area contributed by atoms with Gasteiger partial charge in [0.1, 0.15) is 60.4 Å². The first-order chi connectivity index (χ1) is 40.1. The van der Waals surface area contributed by atoms with Gasteiger partial charge >= 0.3 is 0 Å². The minimum Gasteiger partial charge on any atom is -0.390 e.